The lowest BCUT2D eigenvalue weighted by Crippen LogP contribution is -2.33. The van der Waals surface area contributed by atoms with Crippen LogP contribution in [0.1, 0.15) is 24.7 Å². The van der Waals surface area contributed by atoms with E-state index in [0.29, 0.717) is 17.8 Å². The highest BCUT2D eigenvalue weighted by molar-refractivity contribution is 7.89. The Morgan fingerprint density at radius 2 is 2.12 bits per heavy atom. The maximum absolute atomic E-state index is 12.1. The Morgan fingerprint density at radius 1 is 1.53 bits per heavy atom. The monoisotopic (exact) mass is 256 g/mol. The molecule has 0 radical (unpaired) electrons. The van der Waals surface area contributed by atoms with E-state index in [9.17, 15) is 8.42 Å². The van der Waals surface area contributed by atoms with Gasteiger partial charge in [-0.2, -0.15) is 15.1 Å². The van der Waals surface area contributed by atoms with Gasteiger partial charge in [-0.15, -0.1) is 0 Å². The first-order valence-corrected chi connectivity index (χ1v) is 6.74. The third-order valence-electron chi connectivity index (χ3n) is 2.57. The largest absolute Gasteiger partial charge is 0.271 e. The highest BCUT2D eigenvalue weighted by Gasteiger charge is 2.25. The van der Waals surface area contributed by atoms with E-state index in [1.165, 1.54) is 4.68 Å². The highest BCUT2D eigenvalue weighted by Crippen LogP contribution is 2.18. The first kappa shape index (κ1) is 13.7. The summed E-state index contributed by atoms with van der Waals surface area (Å²) in [5.74, 6) is 0. The molecule has 1 N–H and O–H groups in total. The van der Waals surface area contributed by atoms with Gasteiger partial charge in [-0.05, 0) is 20.3 Å². The van der Waals surface area contributed by atoms with Crippen LogP contribution in [-0.2, 0) is 17.1 Å². The van der Waals surface area contributed by atoms with Gasteiger partial charge in [-0.25, -0.2) is 8.42 Å². The van der Waals surface area contributed by atoms with Gasteiger partial charge < -0.3 is 0 Å². The topological polar surface area (TPSA) is 87.8 Å². The van der Waals surface area contributed by atoms with Crippen LogP contribution in [-0.4, -0.2) is 24.2 Å². The molecule has 1 aromatic heterocycles. The molecule has 0 aliphatic carbocycles. The average Bonchev–Trinajstić information content (AvgIpc) is 2.50. The van der Waals surface area contributed by atoms with Crippen LogP contribution in [0.5, 0.6) is 0 Å². The highest BCUT2D eigenvalue weighted by atomic mass is 32.2. The Labute approximate surface area is 101 Å². The fourth-order valence-electron chi connectivity index (χ4n) is 1.59. The number of aryl methyl sites for hydroxylation is 2. The molecular formula is C10H16N4O2S. The number of sulfonamides is 1. The molecule has 0 saturated heterocycles. The van der Waals surface area contributed by atoms with E-state index < -0.39 is 16.1 Å². The number of nitrogens with one attached hydrogen (secondary N) is 1. The zero-order chi connectivity index (χ0) is 13.2. The SMILES string of the molecule is CCC(C#N)NS(=O)(=O)c1c(C)nn(C)c1C. The van der Waals surface area contributed by atoms with Crippen molar-refractivity contribution in [1.29, 1.82) is 5.26 Å². The predicted octanol–water partition coefficient (Wildman–Crippen LogP) is 0.617. The lowest BCUT2D eigenvalue weighted by atomic mass is 10.3. The summed E-state index contributed by atoms with van der Waals surface area (Å²) >= 11 is 0. The Balaban J connectivity index is 3.19. The van der Waals surface area contributed by atoms with Crippen molar-refractivity contribution >= 4 is 10.0 Å². The molecule has 0 aliphatic heterocycles. The molecular weight excluding hydrogens is 240 g/mol. The van der Waals surface area contributed by atoms with Crippen LogP contribution >= 0.6 is 0 Å². The fraction of sp³-hybridized carbons (Fsp3) is 0.600. The first-order chi connectivity index (χ1) is 7.83. The molecule has 1 heterocycles. The average molecular weight is 256 g/mol. The molecule has 0 aliphatic rings. The van der Waals surface area contributed by atoms with E-state index in [1.54, 1.807) is 27.8 Å². The number of aromatic nitrogens is 2. The maximum Gasteiger partial charge on any atom is 0.245 e. The van der Waals surface area contributed by atoms with Crippen LogP contribution in [0.3, 0.4) is 0 Å². The van der Waals surface area contributed by atoms with Gasteiger partial charge in [0, 0.05) is 7.05 Å². The molecule has 1 atom stereocenters. The minimum atomic E-state index is -3.68. The molecule has 7 heteroatoms. The van der Waals surface area contributed by atoms with Gasteiger partial charge >= 0.3 is 0 Å². The molecule has 0 bridgehead atoms. The van der Waals surface area contributed by atoms with E-state index in [2.05, 4.69) is 9.82 Å². The Morgan fingerprint density at radius 3 is 2.47 bits per heavy atom. The van der Waals surface area contributed by atoms with Gasteiger partial charge in [0.2, 0.25) is 10.0 Å². The molecule has 94 valence electrons. The zero-order valence-corrected chi connectivity index (χ0v) is 11.2. The van der Waals surface area contributed by atoms with Crippen molar-refractivity contribution < 1.29 is 8.42 Å². The van der Waals surface area contributed by atoms with Crippen LogP contribution in [0.25, 0.3) is 0 Å². The summed E-state index contributed by atoms with van der Waals surface area (Å²) in [6.45, 7) is 5.07. The third-order valence-corrected chi connectivity index (χ3v) is 4.30. The second kappa shape index (κ2) is 4.85. The lowest BCUT2D eigenvalue weighted by Gasteiger charge is -2.10. The molecule has 6 nitrogen and oxygen atoms in total. The summed E-state index contributed by atoms with van der Waals surface area (Å²) in [5.41, 5.74) is 0.994. The molecule has 0 spiro atoms. The van der Waals surface area contributed by atoms with Gasteiger partial charge in [0.05, 0.1) is 17.5 Å². The molecule has 0 saturated carbocycles. The molecule has 1 rings (SSSR count). The van der Waals surface area contributed by atoms with Crippen LogP contribution in [0.2, 0.25) is 0 Å². The van der Waals surface area contributed by atoms with E-state index in [4.69, 9.17) is 5.26 Å². The van der Waals surface area contributed by atoms with Crippen molar-refractivity contribution in [3.8, 4) is 6.07 Å². The second-order valence-electron chi connectivity index (χ2n) is 3.83. The second-order valence-corrected chi connectivity index (χ2v) is 5.49. The molecule has 1 unspecified atom stereocenters. The summed E-state index contributed by atoms with van der Waals surface area (Å²) in [7, 11) is -2.00. The van der Waals surface area contributed by atoms with Crippen LogP contribution in [0.15, 0.2) is 4.90 Å². The number of rotatable bonds is 4. The van der Waals surface area contributed by atoms with E-state index in [0.717, 1.165) is 0 Å². The quantitative estimate of drug-likeness (QED) is 0.855. The van der Waals surface area contributed by atoms with Crippen molar-refractivity contribution in [2.45, 2.75) is 38.1 Å². The van der Waals surface area contributed by atoms with Gasteiger partial charge in [0.15, 0.2) is 0 Å². The Kier molecular flexibility index (Phi) is 3.91. The van der Waals surface area contributed by atoms with Gasteiger partial charge in [0.25, 0.3) is 0 Å². The third kappa shape index (κ3) is 2.65. The van der Waals surface area contributed by atoms with E-state index >= 15 is 0 Å². The van der Waals surface area contributed by atoms with Gasteiger partial charge in [0.1, 0.15) is 10.9 Å². The number of hydrogen-bond acceptors (Lipinski definition) is 4. The number of nitrogens with zero attached hydrogens (tertiary/aromatic N) is 3. The summed E-state index contributed by atoms with van der Waals surface area (Å²) in [5, 5.41) is 12.8. The smallest absolute Gasteiger partial charge is 0.245 e. The zero-order valence-electron chi connectivity index (χ0n) is 10.4. The van der Waals surface area contributed by atoms with Gasteiger partial charge in [-0.3, -0.25) is 4.68 Å². The standard InChI is InChI=1S/C10H16N4O2S/c1-5-9(6-11)13-17(15,16)10-7(2)12-14(4)8(10)3/h9,13H,5H2,1-4H3. The molecule has 1 aromatic rings. The molecule has 0 amide bonds. The normalized spacial score (nSPS) is 13.4. The molecule has 0 fully saturated rings. The Hall–Kier alpha value is -1.39. The van der Waals surface area contributed by atoms with Gasteiger partial charge in [-0.1, -0.05) is 6.92 Å². The fourth-order valence-corrected chi connectivity index (χ4v) is 3.25. The number of hydrogen-bond donors (Lipinski definition) is 1. The minimum Gasteiger partial charge on any atom is -0.271 e. The van der Waals surface area contributed by atoms with Crippen molar-refractivity contribution in [1.82, 2.24) is 14.5 Å². The Bertz CT molecular complexity index is 554. The number of nitriles is 1. The van der Waals surface area contributed by atoms with Crippen molar-refractivity contribution in [3.63, 3.8) is 0 Å². The van der Waals surface area contributed by atoms with E-state index in [-0.39, 0.29) is 4.90 Å². The lowest BCUT2D eigenvalue weighted by molar-refractivity contribution is 0.568. The predicted molar refractivity (Wildman–Crippen MR) is 62.7 cm³/mol. The summed E-state index contributed by atoms with van der Waals surface area (Å²) in [4.78, 5) is 0.161. The minimum absolute atomic E-state index is 0.161. The van der Waals surface area contributed by atoms with E-state index in [1.807, 2.05) is 6.07 Å². The first-order valence-electron chi connectivity index (χ1n) is 5.25. The van der Waals surface area contributed by atoms with Crippen LogP contribution in [0.4, 0.5) is 0 Å². The van der Waals surface area contributed by atoms with Crippen molar-refractivity contribution in [3.05, 3.63) is 11.4 Å². The molecule has 0 aromatic carbocycles. The summed E-state index contributed by atoms with van der Waals surface area (Å²) in [6.07, 6.45) is 0.425. The van der Waals surface area contributed by atoms with Crippen molar-refractivity contribution in [2.24, 2.45) is 7.05 Å². The van der Waals surface area contributed by atoms with Crippen molar-refractivity contribution in [2.75, 3.05) is 0 Å². The van der Waals surface area contributed by atoms with Crippen LogP contribution in [0, 0.1) is 25.2 Å². The maximum atomic E-state index is 12.1. The van der Waals surface area contributed by atoms with Crippen LogP contribution < -0.4 is 4.72 Å². The summed E-state index contributed by atoms with van der Waals surface area (Å²) in [6, 6.07) is 1.20. The molecule has 17 heavy (non-hydrogen) atoms. The summed E-state index contributed by atoms with van der Waals surface area (Å²) < 4.78 is 28.1.